The zero-order valence-electron chi connectivity index (χ0n) is 5.69. The van der Waals surface area contributed by atoms with Crippen LogP contribution in [0.2, 0.25) is 0 Å². The topological polar surface area (TPSA) is 52.0 Å². The molecule has 0 aliphatic heterocycles. The van der Waals surface area contributed by atoms with Gasteiger partial charge in [-0.05, 0) is 24.3 Å². The fraction of sp³-hybridized carbons (Fsp3) is 0. The van der Waals surface area contributed by atoms with Crippen molar-refractivity contribution in [1.82, 2.24) is 0 Å². The van der Waals surface area contributed by atoms with Gasteiger partial charge in [-0.3, -0.25) is 14.1 Å². The molecule has 0 amide bonds. The first-order valence-electron chi connectivity index (χ1n) is 2.40. The van der Waals surface area contributed by atoms with Gasteiger partial charge in [0.1, 0.15) is 0 Å². The van der Waals surface area contributed by atoms with Crippen molar-refractivity contribution in [1.29, 1.82) is 0 Å². The molecule has 1 rings (SSSR count). The standard InChI is InChI=1S/C6H8N2.3FH/c7-5-1-2-6(8)4-3-5;;;/h1-4H,7-8H2;3*1H. The van der Waals surface area contributed by atoms with Crippen LogP contribution in [-0.4, -0.2) is 0 Å². The van der Waals surface area contributed by atoms with Crippen LogP contribution < -0.4 is 11.5 Å². The van der Waals surface area contributed by atoms with E-state index in [1.165, 1.54) is 0 Å². The lowest BCUT2D eigenvalue weighted by Gasteiger charge is -1.90. The Morgan fingerprint density at radius 3 is 1.00 bits per heavy atom. The lowest BCUT2D eigenvalue weighted by atomic mass is 10.3. The summed E-state index contributed by atoms with van der Waals surface area (Å²) < 4.78 is 0. The van der Waals surface area contributed by atoms with Crippen LogP contribution in [0.25, 0.3) is 0 Å². The molecule has 0 heterocycles. The van der Waals surface area contributed by atoms with Crippen molar-refractivity contribution < 1.29 is 14.1 Å². The molecule has 2 nitrogen and oxygen atoms in total. The second kappa shape index (κ2) is 6.73. The van der Waals surface area contributed by atoms with E-state index >= 15 is 0 Å². The molecule has 0 unspecified atom stereocenters. The predicted molar refractivity (Wildman–Crippen MR) is 42.8 cm³/mol. The molecule has 0 aliphatic carbocycles. The van der Waals surface area contributed by atoms with Crippen LogP contribution in [0.3, 0.4) is 0 Å². The highest BCUT2D eigenvalue weighted by Crippen LogP contribution is 2.04. The summed E-state index contributed by atoms with van der Waals surface area (Å²) in [4.78, 5) is 0. The summed E-state index contributed by atoms with van der Waals surface area (Å²) >= 11 is 0. The molecule has 5 heteroatoms. The van der Waals surface area contributed by atoms with E-state index in [9.17, 15) is 0 Å². The van der Waals surface area contributed by atoms with Gasteiger partial charge in [-0.25, -0.2) is 0 Å². The Bertz CT molecular complexity index is 155. The van der Waals surface area contributed by atoms with Gasteiger partial charge in [0.2, 0.25) is 0 Å². The molecule has 0 radical (unpaired) electrons. The summed E-state index contributed by atoms with van der Waals surface area (Å²) in [5.41, 5.74) is 12.2. The van der Waals surface area contributed by atoms with Crippen molar-refractivity contribution in [2.24, 2.45) is 0 Å². The van der Waals surface area contributed by atoms with Gasteiger partial charge in [0.15, 0.2) is 0 Å². The molecule has 0 aliphatic rings. The number of halogens is 3. The smallest absolute Gasteiger partial charge is 0.0315 e. The second-order valence-corrected chi connectivity index (χ2v) is 1.67. The summed E-state index contributed by atoms with van der Waals surface area (Å²) in [5, 5.41) is 0. The van der Waals surface area contributed by atoms with E-state index in [4.69, 9.17) is 11.5 Å². The van der Waals surface area contributed by atoms with Crippen LogP contribution in [0.1, 0.15) is 0 Å². The van der Waals surface area contributed by atoms with Crippen molar-refractivity contribution >= 4 is 11.4 Å². The van der Waals surface area contributed by atoms with Crippen LogP contribution >= 0.6 is 0 Å². The predicted octanol–water partition coefficient (Wildman–Crippen LogP) is 1.31. The first-order valence-corrected chi connectivity index (χ1v) is 2.40. The monoisotopic (exact) mass is 168 g/mol. The van der Waals surface area contributed by atoms with Crippen molar-refractivity contribution in [2.45, 2.75) is 0 Å². The largest absolute Gasteiger partial charge is 0.399 e. The Morgan fingerprint density at radius 1 is 0.636 bits per heavy atom. The minimum Gasteiger partial charge on any atom is -0.399 e. The minimum absolute atomic E-state index is 0. The molecular weight excluding hydrogens is 157 g/mol. The van der Waals surface area contributed by atoms with E-state index in [0.717, 1.165) is 11.4 Å². The molecule has 11 heavy (non-hydrogen) atoms. The lowest BCUT2D eigenvalue weighted by molar-refractivity contribution is 1.11. The molecule has 4 N–H and O–H groups in total. The van der Waals surface area contributed by atoms with E-state index < -0.39 is 0 Å². The SMILES string of the molecule is F.F.F.Nc1ccc(N)cc1. The summed E-state index contributed by atoms with van der Waals surface area (Å²) in [6.45, 7) is 0. The molecule has 0 atom stereocenters. The highest BCUT2D eigenvalue weighted by molar-refractivity contribution is 5.47. The quantitative estimate of drug-likeness (QED) is 0.574. The Kier molecular flexibility index (Phi) is 9.97. The molecule has 0 bridgehead atoms. The number of nitrogen functional groups attached to an aromatic ring is 2. The third kappa shape index (κ3) is 5.07. The number of anilines is 2. The minimum atomic E-state index is 0. The van der Waals surface area contributed by atoms with Gasteiger partial charge in [-0.1, -0.05) is 0 Å². The third-order valence-corrected chi connectivity index (χ3v) is 0.936. The van der Waals surface area contributed by atoms with Crippen molar-refractivity contribution in [2.75, 3.05) is 11.5 Å². The average molecular weight is 168 g/mol. The van der Waals surface area contributed by atoms with Gasteiger partial charge in [0, 0.05) is 11.4 Å². The van der Waals surface area contributed by atoms with Crippen molar-refractivity contribution in [3.8, 4) is 0 Å². The summed E-state index contributed by atoms with van der Waals surface area (Å²) in [5.74, 6) is 0. The van der Waals surface area contributed by atoms with Gasteiger partial charge in [0.25, 0.3) is 0 Å². The summed E-state index contributed by atoms with van der Waals surface area (Å²) in [6.07, 6.45) is 0. The Balaban J connectivity index is -0.000000213. The fourth-order valence-corrected chi connectivity index (χ4v) is 0.496. The Hall–Kier alpha value is -1.39. The van der Waals surface area contributed by atoms with Crippen LogP contribution in [0.5, 0.6) is 0 Å². The number of rotatable bonds is 0. The van der Waals surface area contributed by atoms with Gasteiger partial charge >= 0.3 is 0 Å². The zero-order chi connectivity index (χ0) is 5.98. The van der Waals surface area contributed by atoms with Crippen molar-refractivity contribution in [3.05, 3.63) is 24.3 Å². The maximum Gasteiger partial charge on any atom is 0.0315 e. The van der Waals surface area contributed by atoms with Gasteiger partial charge in [-0.15, -0.1) is 0 Å². The first kappa shape index (κ1) is 16.3. The average Bonchev–Trinajstić information content (AvgIpc) is 1.77. The maximum atomic E-state index is 5.37. The second-order valence-electron chi connectivity index (χ2n) is 1.67. The molecule has 0 saturated heterocycles. The van der Waals surface area contributed by atoms with E-state index in [1.807, 2.05) is 0 Å². The molecule has 1 aromatic rings. The maximum absolute atomic E-state index is 5.37. The molecular formula is C6H11F3N2. The van der Waals surface area contributed by atoms with Gasteiger partial charge < -0.3 is 11.5 Å². The van der Waals surface area contributed by atoms with Crippen LogP contribution in [0.15, 0.2) is 24.3 Å². The molecule has 66 valence electrons. The van der Waals surface area contributed by atoms with E-state index in [1.54, 1.807) is 24.3 Å². The normalized spacial score (nSPS) is 6.55. The van der Waals surface area contributed by atoms with Crippen LogP contribution in [0.4, 0.5) is 25.5 Å². The van der Waals surface area contributed by atoms with E-state index in [2.05, 4.69) is 0 Å². The Morgan fingerprint density at radius 2 is 0.818 bits per heavy atom. The van der Waals surface area contributed by atoms with Crippen LogP contribution in [-0.2, 0) is 0 Å². The van der Waals surface area contributed by atoms with Gasteiger partial charge in [-0.2, -0.15) is 0 Å². The first-order chi connectivity index (χ1) is 3.79. The number of hydrogen-bond donors (Lipinski definition) is 2. The number of benzene rings is 1. The zero-order valence-corrected chi connectivity index (χ0v) is 5.69. The highest BCUT2D eigenvalue weighted by Gasteiger charge is 1.80. The van der Waals surface area contributed by atoms with E-state index in [0.29, 0.717) is 0 Å². The Labute approximate surface area is 62.3 Å². The van der Waals surface area contributed by atoms with Crippen molar-refractivity contribution in [3.63, 3.8) is 0 Å². The molecule has 0 aromatic heterocycles. The lowest BCUT2D eigenvalue weighted by Crippen LogP contribution is -1.86. The molecule has 0 spiro atoms. The molecule has 0 saturated carbocycles. The van der Waals surface area contributed by atoms with Gasteiger partial charge in [0.05, 0.1) is 0 Å². The van der Waals surface area contributed by atoms with Crippen LogP contribution in [0, 0.1) is 0 Å². The molecule has 0 fully saturated rings. The summed E-state index contributed by atoms with van der Waals surface area (Å²) in [7, 11) is 0. The van der Waals surface area contributed by atoms with E-state index in [-0.39, 0.29) is 14.1 Å². The molecule has 1 aromatic carbocycles. The highest BCUT2D eigenvalue weighted by atomic mass is 19.0. The summed E-state index contributed by atoms with van der Waals surface area (Å²) in [6, 6.07) is 7.09. The fourth-order valence-electron chi connectivity index (χ4n) is 0.496. The number of nitrogens with two attached hydrogens (primary N) is 2. The third-order valence-electron chi connectivity index (χ3n) is 0.936. The number of hydrogen-bond acceptors (Lipinski definition) is 2.